The maximum atomic E-state index is 12.7. The number of nitrogens with one attached hydrogen (secondary N) is 2. The van der Waals surface area contributed by atoms with Gasteiger partial charge in [0.25, 0.3) is 0 Å². The molecule has 2 saturated heterocycles. The van der Waals surface area contributed by atoms with Crippen LogP contribution >= 0.6 is 0 Å². The minimum atomic E-state index is -0.115. The molecule has 5 atom stereocenters. The molecule has 2 aliphatic carbocycles. The van der Waals surface area contributed by atoms with Gasteiger partial charge in [0.2, 0.25) is 11.8 Å². The number of nitrogens with zero attached hydrogens (tertiary/aromatic N) is 3. The first kappa shape index (κ1) is 20.3. The Morgan fingerprint density at radius 2 is 1.90 bits per heavy atom. The topological polar surface area (TPSA) is 86.3 Å². The molecule has 3 fully saturated rings. The van der Waals surface area contributed by atoms with Gasteiger partial charge in [-0.3, -0.25) is 24.4 Å². The third-order valence-corrected chi connectivity index (χ3v) is 7.00. The van der Waals surface area contributed by atoms with E-state index < -0.39 is 0 Å². The smallest absolute Gasteiger partial charge is 0.233 e. The molecule has 160 valence electrons. The van der Waals surface area contributed by atoms with Crippen LogP contribution in [0.15, 0.2) is 17.1 Å². The second-order valence-corrected chi connectivity index (χ2v) is 8.53. The molecule has 4 aliphatic rings. The first-order valence-electron chi connectivity index (χ1n) is 10.8. The highest BCUT2D eigenvalue weighted by atomic mass is 16.5. The molecule has 8 nitrogen and oxygen atoms in total. The van der Waals surface area contributed by atoms with Crippen molar-refractivity contribution in [3.05, 3.63) is 12.2 Å². The minimum absolute atomic E-state index is 0.0151. The lowest BCUT2D eigenvalue weighted by Gasteiger charge is -2.25. The fourth-order valence-corrected chi connectivity index (χ4v) is 5.53. The number of imide groups is 1. The van der Waals surface area contributed by atoms with E-state index in [0.717, 1.165) is 32.7 Å². The van der Waals surface area contributed by atoms with E-state index in [1.54, 1.807) is 14.2 Å². The van der Waals surface area contributed by atoms with Crippen LogP contribution in [0.1, 0.15) is 19.3 Å². The van der Waals surface area contributed by atoms with E-state index in [4.69, 9.17) is 4.74 Å². The number of methoxy groups -OCH3 is 1. The zero-order valence-electron chi connectivity index (χ0n) is 17.5. The number of likely N-dealkylation sites (tertiary alicyclic amines) is 2. The summed E-state index contributed by atoms with van der Waals surface area (Å²) in [4.78, 5) is 33.7. The zero-order chi connectivity index (χ0) is 20.4. The van der Waals surface area contributed by atoms with Crippen molar-refractivity contribution in [3.8, 4) is 0 Å². The average molecular weight is 404 g/mol. The Morgan fingerprint density at radius 3 is 2.55 bits per heavy atom. The van der Waals surface area contributed by atoms with Crippen LogP contribution in [0.5, 0.6) is 0 Å². The van der Waals surface area contributed by atoms with Crippen LogP contribution in [-0.4, -0.2) is 87.1 Å². The molecule has 2 aliphatic heterocycles. The van der Waals surface area contributed by atoms with Crippen molar-refractivity contribution in [2.75, 3.05) is 53.5 Å². The Bertz CT molecular complexity index is 664. The van der Waals surface area contributed by atoms with Gasteiger partial charge in [0.05, 0.1) is 18.4 Å². The monoisotopic (exact) mass is 403 g/mol. The number of amides is 2. The van der Waals surface area contributed by atoms with Gasteiger partial charge in [-0.1, -0.05) is 12.2 Å². The molecular formula is C21H33N5O3. The third kappa shape index (κ3) is 3.92. The second-order valence-electron chi connectivity index (χ2n) is 8.53. The minimum Gasteiger partial charge on any atom is -0.383 e. The molecule has 2 amide bonds. The zero-order valence-corrected chi connectivity index (χ0v) is 17.5. The van der Waals surface area contributed by atoms with Crippen LogP contribution in [0.2, 0.25) is 0 Å². The summed E-state index contributed by atoms with van der Waals surface area (Å²) in [5.74, 6) is 1.04. The van der Waals surface area contributed by atoms with Gasteiger partial charge in [0, 0.05) is 46.4 Å². The summed E-state index contributed by atoms with van der Waals surface area (Å²) in [7, 11) is 3.48. The fraction of sp³-hybridized carbons (Fsp3) is 0.762. The van der Waals surface area contributed by atoms with Crippen LogP contribution in [0.4, 0.5) is 0 Å². The Kier molecular flexibility index (Phi) is 6.20. The van der Waals surface area contributed by atoms with Gasteiger partial charge in [0.1, 0.15) is 0 Å². The standard InChI is InChI=1S/C21H33N5O3/c1-22-21(24-13-16-4-3-8-25(16)10-11-29-2)23-7-9-26-19(27)17-14-5-6-15(12-14)18(17)20(26)28/h5-6,14-18H,3-4,7-13H2,1-2H3,(H2,22,23,24). The number of ether oxygens (including phenoxy) is 1. The third-order valence-electron chi connectivity index (χ3n) is 7.00. The van der Waals surface area contributed by atoms with Crippen molar-refractivity contribution >= 4 is 17.8 Å². The maximum Gasteiger partial charge on any atom is 0.233 e. The van der Waals surface area contributed by atoms with Gasteiger partial charge in [-0.2, -0.15) is 0 Å². The summed E-state index contributed by atoms with van der Waals surface area (Å²) < 4.78 is 5.20. The Morgan fingerprint density at radius 1 is 1.17 bits per heavy atom. The Balaban J connectivity index is 1.22. The van der Waals surface area contributed by atoms with Gasteiger partial charge >= 0.3 is 0 Å². The van der Waals surface area contributed by atoms with E-state index in [-0.39, 0.29) is 35.5 Å². The average Bonchev–Trinajstić information content (AvgIpc) is 3.49. The number of rotatable bonds is 8. The lowest BCUT2D eigenvalue weighted by molar-refractivity contribution is -0.140. The summed E-state index contributed by atoms with van der Waals surface area (Å²) in [5, 5.41) is 6.64. The van der Waals surface area contributed by atoms with Crippen molar-refractivity contribution in [3.63, 3.8) is 0 Å². The predicted octanol–water partition coefficient (Wildman–Crippen LogP) is 0.0693. The first-order chi connectivity index (χ1) is 14.1. The van der Waals surface area contributed by atoms with E-state index in [1.807, 2.05) is 0 Å². The summed E-state index contributed by atoms with van der Waals surface area (Å²) in [6.45, 7) is 4.55. The quantitative estimate of drug-likeness (QED) is 0.258. The summed E-state index contributed by atoms with van der Waals surface area (Å²) in [6, 6.07) is 0.479. The molecule has 1 saturated carbocycles. The maximum absolute atomic E-state index is 12.7. The second kappa shape index (κ2) is 8.83. The highest BCUT2D eigenvalue weighted by Crippen LogP contribution is 2.52. The van der Waals surface area contributed by atoms with Crippen LogP contribution < -0.4 is 10.6 Å². The van der Waals surface area contributed by atoms with Crippen molar-refractivity contribution < 1.29 is 14.3 Å². The predicted molar refractivity (Wildman–Crippen MR) is 110 cm³/mol. The van der Waals surface area contributed by atoms with Gasteiger partial charge in [-0.15, -0.1) is 0 Å². The fourth-order valence-electron chi connectivity index (χ4n) is 5.53. The van der Waals surface area contributed by atoms with Crippen LogP contribution in [0.3, 0.4) is 0 Å². The molecule has 0 aromatic heterocycles. The lowest BCUT2D eigenvalue weighted by Crippen LogP contribution is -2.47. The molecular weight excluding hydrogens is 370 g/mol. The normalized spacial score (nSPS) is 33.8. The molecule has 0 radical (unpaired) electrons. The number of carbonyl (C=O) groups is 2. The Hall–Kier alpha value is -1.93. The molecule has 0 aromatic carbocycles. The number of allylic oxidation sites excluding steroid dienone is 2. The van der Waals surface area contributed by atoms with E-state index >= 15 is 0 Å². The SMILES string of the molecule is CN=C(NCCN1C(=O)C2C3C=CC(C3)C2C1=O)NCC1CCCN1CCOC. The molecule has 8 heteroatoms. The molecule has 0 aromatic rings. The van der Waals surface area contributed by atoms with Crippen LogP contribution in [0.25, 0.3) is 0 Å². The largest absolute Gasteiger partial charge is 0.383 e. The number of guanidine groups is 1. The van der Waals surface area contributed by atoms with E-state index in [0.29, 0.717) is 25.1 Å². The Labute approximate surface area is 172 Å². The molecule has 2 N–H and O–H groups in total. The highest BCUT2D eigenvalue weighted by Gasteiger charge is 2.58. The lowest BCUT2D eigenvalue weighted by atomic mass is 9.85. The number of carbonyl (C=O) groups excluding carboxylic acids is 2. The molecule has 4 rings (SSSR count). The number of hydrogen-bond acceptors (Lipinski definition) is 5. The van der Waals surface area contributed by atoms with Crippen molar-refractivity contribution in [1.82, 2.24) is 20.4 Å². The van der Waals surface area contributed by atoms with Crippen LogP contribution in [0, 0.1) is 23.7 Å². The first-order valence-corrected chi connectivity index (χ1v) is 10.8. The molecule has 5 unspecified atom stereocenters. The van der Waals surface area contributed by atoms with Gasteiger partial charge in [-0.25, -0.2) is 0 Å². The number of fused-ring (bicyclic) bond motifs is 5. The summed E-state index contributed by atoms with van der Waals surface area (Å²) in [5.41, 5.74) is 0. The molecule has 29 heavy (non-hydrogen) atoms. The number of hydrogen-bond donors (Lipinski definition) is 2. The van der Waals surface area contributed by atoms with E-state index in [2.05, 4.69) is 32.7 Å². The summed E-state index contributed by atoms with van der Waals surface area (Å²) >= 11 is 0. The molecule has 2 bridgehead atoms. The highest BCUT2D eigenvalue weighted by molar-refractivity contribution is 6.06. The van der Waals surface area contributed by atoms with E-state index in [9.17, 15) is 9.59 Å². The van der Waals surface area contributed by atoms with Gasteiger partial charge < -0.3 is 15.4 Å². The summed E-state index contributed by atoms with van der Waals surface area (Å²) in [6.07, 6.45) is 7.61. The van der Waals surface area contributed by atoms with Gasteiger partial charge in [0.15, 0.2) is 5.96 Å². The van der Waals surface area contributed by atoms with Crippen molar-refractivity contribution in [2.24, 2.45) is 28.7 Å². The van der Waals surface area contributed by atoms with Crippen molar-refractivity contribution in [2.45, 2.75) is 25.3 Å². The van der Waals surface area contributed by atoms with E-state index in [1.165, 1.54) is 17.7 Å². The number of aliphatic imine (C=N–C) groups is 1. The van der Waals surface area contributed by atoms with Gasteiger partial charge in [-0.05, 0) is 37.6 Å². The van der Waals surface area contributed by atoms with Crippen molar-refractivity contribution in [1.29, 1.82) is 0 Å². The molecule has 2 heterocycles. The molecule has 0 spiro atoms. The van der Waals surface area contributed by atoms with Crippen LogP contribution in [-0.2, 0) is 14.3 Å².